The number of nitrogens with one attached hydrogen (secondary N) is 1. The molecule has 132 valence electrons. The molecular formula is C20H30N2O2. The van der Waals surface area contributed by atoms with Gasteiger partial charge in [-0.2, -0.15) is 0 Å². The molecule has 0 bridgehead atoms. The van der Waals surface area contributed by atoms with Crippen LogP contribution in [-0.2, 0) is 15.0 Å². The molecule has 24 heavy (non-hydrogen) atoms. The summed E-state index contributed by atoms with van der Waals surface area (Å²) in [5, 5.41) is 6.95. The maximum absolute atomic E-state index is 11.9. The smallest absolute Gasteiger partial charge is 0.261 e. The summed E-state index contributed by atoms with van der Waals surface area (Å²) in [7, 11) is 0. The van der Waals surface area contributed by atoms with Crippen LogP contribution in [0, 0.1) is 5.92 Å². The average molecular weight is 330 g/mol. The lowest BCUT2D eigenvalue weighted by Crippen LogP contribution is -2.42. The molecule has 1 aromatic carbocycles. The van der Waals surface area contributed by atoms with Crippen molar-refractivity contribution < 1.29 is 9.63 Å². The topological polar surface area (TPSA) is 50.7 Å². The van der Waals surface area contributed by atoms with Crippen LogP contribution in [-0.4, -0.2) is 24.8 Å². The summed E-state index contributed by atoms with van der Waals surface area (Å²) >= 11 is 0. The van der Waals surface area contributed by atoms with E-state index in [9.17, 15) is 4.79 Å². The fourth-order valence-corrected chi connectivity index (χ4v) is 3.04. The number of carbonyl (C=O) groups excluding carboxylic acids is 1. The van der Waals surface area contributed by atoms with Crippen molar-refractivity contribution in [3.8, 4) is 0 Å². The molecule has 2 atom stereocenters. The van der Waals surface area contributed by atoms with E-state index in [1.54, 1.807) is 6.21 Å². The largest absolute Gasteiger partial charge is 0.386 e. The third-order valence-electron chi connectivity index (χ3n) is 4.71. The van der Waals surface area contributed by atoms with E-state index in [0.717, 1.165) is 12.0 Å². The van der Waals surface area contributed by atoms with Crippen LogP contribution in [0.25, 0.3) is 0 Å². The van der Waals surface area contributed by atoms with Crippen LogP contribution in [0.5, 0.6) is 0 Å². The van der Waals surface area contributed by atoms with Crippen LogP contribution >= 0.6 is 0 Å². The molecule has 0 spiro atoms. The Morgan fingerprint density at radius 1 is 1.25 bits per heavy atom. The molecule has 0 aliphatic heterocycles. The summed E-state index contributed by atoms with van der Waals surface area (Å²) in [5.74, 6) is 0.460. The van der Waals surface area contributed by atoms with E-state index in [1.807, 2.05) is 12.1 Å². The standard InChI is InChI=1S/C20H30N2O2/c1-15-7-5-6-8-18(15)22-19(23)14-24-21-13-16-9-11-17(12-10-16)20(2,3)4/h9-13,15,18H,5-8,14H2,1-4H3,(H,22,23)/b21-13-/t15-,18-/m1/s1. The first-order chi connectivity index (χ1) is 11.4. The predicted octanol–water partition coefficient (Wildman–Crippen LogP) is 4.03. The van der Waals surface area contributed by atoms with Gasteiger partial charge in [-0.25, -0.2) is 0 Å². The highest BCUT2D eigenvalue weighted by Gasteiger charge is 2.22. The molecule has 2 rings (SSSR count). The summed E-state index contributed by atoms with van der Waals surface area (Å²) in [6.45, 7) is 8.73. The lowest BCUT2D eigenvalue weighted by molar-refractivity contribution is -0.126. The van der Waals surface area contributed by atoms with E-state index in [4.69, 9.17) is 4.84 Å². The number of hydrogen-bond donors (Lipinski definition) is 1. The zero-order chi connectivity index (χ0) is 17.6. The van der Waals surface area contributed by atoms with Crippen LogP contribution in [0.1, 0.15) is 64.5 Å². The summed E-state index contributed by atoms with van der Waals surface area (Å²) in [6.07, 6.45) is 6.36. The quantitative estimate of drug-likeness (QED) is 0.654. The molecule has 0 unspecified atom stereocenters. The summed E-state index contributed by atoms with van der Waals surface area (Å²) in [5.41, 5.74) is 2.38. The highest BCUT2D eigenvalue weighted by atomic mass is 16.6. The average Bonchev–Trinajstić information content (AvgIpc) is 2.53. The lowest BCUT2D eigenvalue weighted by Gasteiger charge is -2.29. The number of nitrogens with zero attached hydrogens (tertiary/aromatic N) is 1. The van der Waals surface area contributed by atoms with E-state index in [-0.39, 0.29) is 24.0 Å². The van der Waals surface area contributed by atoms with Crippen molar-refractivity contribution in [2.75, 3.05) is 6.61 Å². The molecule has 1 amide bonds. The maximum atomic E-state index is 11.9. The van der Waals surface area contributed by atoms with Crippen molar-refractivity contribution in [1.82, 2.24) is 5.32 Å². The lowest BCUT2D eigenvalue weighted by atomic mass is 9.86. The molecule has 0 heterocycles. The van der Waals surface area contributed by atoms with Gasteiger partial charge in [0.2, 0.25) is 0 Å². The van der Waals surface area contributed by atoms with E-state index >= 15 is 0 Å². The number of carbonyl (C=O) groups is 1. The Bertz CT molecular complexity index is 558. The first-order valence-corrected chi connectivity index (χ1v) is 8.91. The van der Waals surface area contributed by atoms with Crippen LogP contribution in [0.15, 0.2) is 29.4 Å². The van der Waals surface area contributed by atoms with Gasteiger partial charge in [-0.15, -0.1) is 0 Å². The molecule has 4 nitrogen and oxygen atoms in total. The monoisotopic (exact) mass is 330 g/mol. The van der Waals surface area contributed by atoms with Gasteiger partial charge in [0.25, 0.3) is 5.91 Å². The molecule has 1 N–H and O–H groups in total. The fourth-order valence-electron chi connectivity index (χ4n) is 3.04. The molecular weight excluding hydrogens is 300 g/mol. The fraction of sp³-hybridized carbons (Fsp3) is 0.600. The SMILES string of the molecule is C[C@@H]1CCCC[C@H]1NC(=O)CO/N=C\c1ccc(C(C)(C)C)cc1. The molecule has 1 aliphatic rings. The van der Waals surface area contributed by atoms with Gasteiger partial charge in [-0.1, -0.05) is 70.0 Å². The third-order valence-corrected chi connectivity index (χ3v) is 4.71. The zero-order valence-corrected chi connectivity index (χ0v) is 15.3. The van der Waals surface area contributed by atoms with Gasteiger partial charge in [0.1, 0.15) is 0 Å². The van der Waals surface area contributed by atoms with Crippen LogP contribution in [0.3, 0.4) is 0 Å². The molecule has 1 fully saturated rings. The minimum absolute atomic E-state index is 0.0280. The van der Waals surface area contributed by atoms with E-state index in [2.05, 4.69) is 50.3 Å². The first kappa shape index (κ1) is 18.5. The predicted molar refractivity (Wildman–Crippen MR) is 98.3 cm³/mol. The number of hydrogen-bond acceptors (Lipinski definition) is 3. The highest BCUT2D eigenvalue weighted by molar-refractivity contribution is 5.80. The van der Waals surface area contributed by atoms with Gasteiger partial charge in [0, 0.05) is 6.04 Å². The van der Waals surface area contributed by atoms with Crippen molar-refractivity contribution in [3.05, 3.63) is 35.4 Å². The van der Waals surface area contributed by atoms with E-state index in [0.29, 0.717) is 5.92 Å². The van der Waals surface area contributed by atoms with Crippen molar-refractivity contribution in [2.24, 2.45) is 11.1 Å². The molecule has 1 aromatic rings. The Morgan fingerprint density at radius 3 is 2.54 bits per heavy atom. The van der Waals surface area contributed by atoms with Gasteiger partial charge >= 0.3 is 0 Å². The van der Waals surface area contributed by atoms with Gasteiger partial charge in [-0.3, -0.25) is 4.79 Å². The van der Waals surface area contributed by atoms with Crippen LogP contribution in [0.2, 0.25) is 0 Å². The van der Waals surface area contributed by atoms with Gasteiger partial charge in [-0.05, 0) is 35.3 Å². The van der Waals surface area contributed by atoms with Gasteiger partial charge < -0.3 is 10.2 Å². The summed E-state index contributed by atoms with van der Waals surface area (Å²) < 4.78 is 0. The summed E-state index contributed by atoms with van der Waals surface area (Å²) in [4.78, 5) is 17.0. The molecule has 1 aliphatic carbocycles. The maximum Gasteiger partial charge on any atom is 0.261 e. The normalized spacial score (nSPS) is 21.7. The van der Waals surface area contributed by atoms with Crippen molar-refractivity contribution in [2.45, 2.75) is 64.8 Å². The van der Waals surface area contributed by atoms with Crippen molar-refractivity contribution in [3.63, 3.8) is 0 Å². The number of benzene rings is 1. The Hall–Kier alpha value is -1.84. The number of oxime groups is 1. The third kappa shape index (κ3) is 5.66. The van der Waals surface area contributed by atoms with Gasteiger partial charge in [0.05, 0.1) is 6.21 Å². The van der Waals surface area contributed by atoms with Crippen LogP contribution in [0.4, 0.5) is 0 Å². The Morgan fingerprint density at radius 2 is 1.92 bits per heavy atom. The van der Waals surface area contributed by atoms with E-state index < -0.39 is 0 Å². The second-order valence-electron chi connectivity index (χ2n) is 7.82. The van der Waals surface area contributed by atoms with Crippen LogP contribution < -0.4 is 5.32 Å². The molecule has 0 saturated heterocycles. The number of rotatable bonds is 5. The Kier molecular flexibility index (Phi) is 6.41. The minimum Gasteiger partial charge on any atom is -0.386 e. The number of amides is 1. The first-order valence-electron chi connectivity index (χ1n) is 8.91. The van der Waals surface area contributed by atoms with Gasteiger partial charge in [0.15, 0.2) is 6.61 Å². The summed E-state index contributed by atoms with van der Waals surface area (Å²) in [6, 6.07) is 8.50. The molecule has 4 heteroatoms. The van der Waals surface area contributed by atoms with Crippen molar-refractivity contribution in [1.29, 1.82) is 0 Å². The second-order valence-corrected chi connectivity index (χ2v) is 7.82. The molecule has 1 saturated carbocycles. The molecule has 0 aromatic heterocycles. The minimum atomic E-state index is -0.0889. The zero-order valence-electron chi connectivity index (χ0n) is 15.3. The second kappa shape index (κ2) is 8.32. The van der Waals surface area contributed by atoms with Crippen molar-refractivity contribution >= 4 is 12.1 Å². The Balaban J connectivity index is 1.74. The van der Waals surface area contributed by atoms with E-state index in [1.165, 1.54) is 24.8 Å². The Labute approximate surface area is 145 Å². The highest BCUT2D eigenvalue weighted by Crippen LogP contribution is 2.23. The molecule has 0 radical (unpaired) electrons.